The average molecular weight is 477 g/mol. The second-order valence-electron chi connectivity index (χ2n) is 12.6. The Labute approximate surface area is 206 Å². The largest absolute Gasteiger partial charge is 0.444 e. The number of fused-ring (bicyclic) bond motifs is 2. The molecule has 2 aromatic rings. The van der Waals surface area contributed by atoms with Crippen LogP contribution in [0.25, 0.3) is 0 Å². The molecule has 182 valence electrons. The summed E-state index contributed by atoms with van der Waals surface area (Å²) in [5.74, 6) is 0.633. The molecule has 5 rings (SSSR count). The van der Waals surface area contributed by atoms with Gasteiger partial charge in [-0.15, -0.1) is 0 Å². The average Bonchev–Trinajstić information content (AvgIpc) is 2.87. The van der Waals surface area contributed by atoms with Crippen LogP contribution in [0.2, 0.25) is 10.6 Å². The number of carbonyl (C=O) groups excluding carboxylic acids is 1. The van der Waals surface area contributed by atoms with E-state index in [9.17, 15) is 4.79 Å². The quantitative estimate of drug-likeness (QED) is 0.648. The first-order valence-corrected chi connectivity index (χ1v) is 15.0. The smallest absolute Gasteiger partial charge is 0.410 e. The van der Waals surface area contributed by atoms with Crippen molar-refractivity contribution in [2.75, 3.05) is 6.54 Å². The molecule has 3 heterocycles. The second kappa shape index (κ2) is 8.23. The molecular weight excluding hydrogens is 436 g/mol. The fourth-order valence-electron chi connectivity index (χ4n) is 7.57. The van der Waals surface area contributed by atoms with Gasteiger partial charge in [-0.25, -0.2) is 4.79 Å². The lowest BCUT2D eigenvalue weighted by Gasteiger charge is -2.51. The first-order valence-electron chi connectivity index (χ1n) is 12.9. The molecule has 4 nitrogen and oxygen atoms in total. The molecular formula is C29H40N2O2Si. The van der Waals surface area contributed by atoms with E-state index >= 15 is 0 Å². The van der Waals surface area contributed by atoms with Crippen molar-refractivity contribution in [3.05, 3.63) is 60.7 Å². The molecule has 0 spiro atoms. The molecule has 3 bridgehead atoms. The number of hydrogen-bond acceptors (Lipinski definition) is 3. The Morgan fingerprint density at radius 1 is 0.882 bits per heavy atom. The summed E-state index contributed by atoms with van der Waals surface area (Å²) in [4.78, 5) is 15.8. The van der Waals surface area contributed by atoms with Gasteiger partial charge in [0.25, 0.3) is 0 Å². The molecule has 0 aromatic heterocycles. The van der Waals surface area contributed by atoms with Gasteiger partial charge < -0.3 is 15.0 Å². The molecule has 5 heteroatoms. The van der Waals surface area contributed by atoms with Gasteiger partial charge in [0, 0.05) is 17.6 Å². The third kappa shape index (κ3) is 3.63. The maximum Gasteiger partial charge on any atom is 0.410 e. The summed E-state index contributed by atoms with van der Waals surface area (Å²) >= 11 is 0. The molecule has 1 amide bonds. The highest BCUT2D eigenvalue weighted by Crippen LogP contribution is 2.57. The Hall–Kier alpha value is -2.11. The van der Waals surface area contributed by atoms with E-state index in [1.165, 1.54) is 10.4 Å². The van der Waals surface area contributed by atoms with E-state index in [-0.39, 0.29) is 23.2 Å². The number of nitrogens with one attached hydrogen (secondary N) is 1. The molecule has 0 radical (unpaired) electrons. The van der Waals surface area contributed by atoms with Crippen LogP contribution in [0.1, 0.15) is 54.4 Å². The standard InChI is InChI=1S/C29H40N2O2Si/c1-28(2,3)33-27(32)31-23-17-20-18-24(31)26(25(23)30-19-20)34(29(4,5)6,21-13-9-7-10-14-21)22-15-11-8-12-16-22/h7-16,20,23-26,30H,17-19H2,1-6H3/t20-,23-,24+,25-,26+/m0/s1. The van der Waals surface area contributed by atoms with Gasteiger partial charge in [-0.3, -0.25) is 0 Å². The van der Waals surface area contributed by atoms with Crippen LogP contribution in [-0.4, -0.2) is 49.3 Å². The van der Waals surface area contributed by atoms with Gasteiger partial charge in [0.05, 0.1) is 6.04 Å². The normalized spacial score (nSPS) is 28.8. The van der Waals surface area contributed by atoms with Crippen molar-refractivity contribution in [1.82, 2.24) is 10.2 Å². The van der Waals surface area contributed by atoms with Gasteiger partial charge in [-0.05, 0) is 51.1 Å². The highest BCUT2D eigenvalue weighted by atomic mass is 28.3. The van der Waals surface area contributed by atoms with E-state index in [1.807, 2.05) is 20.8 Å². The first-order chi connectivity index (χ1) is 16.0. The first kappa shape index (κ1) is 23.6. The van der Waals surface area contributed by atoms with Crippen molar-refractivity contribution in [3.63, 3.8) is 0 Å². The molecule has 3 aliphatic rings. The minimum absolute atomic E-state index is 0.0528. The third-order valence-electron chi connectivity index (χ3n) is 8.47. The van der Waals surface area contributed by atoms with Crippen molar-refractivity contribution in [2.24, 2.45) is 5.92 Å². The summed E-state index contributed by atoms with van der Waals surface area (Å²) in [6.45, 7) is 14.3. The van der Waals surface area contributed by atoms with Crippen LogP contribution in [0.5, 0.6) is 0 Å². The van der Waals surface area contributed by atoms with Gasteiger partial charge in [0.2, 0.25) is 0 Å². The number of benzene rings is 2. The van der Waals surface area contributed by atoms with Gasteiger partial charge in [0.15, 0.2) is 0 Å². The molecule has 3 fully saturated rings. The summed E-state index contributed by atoms with van der Waals surface area (Å²) in [5.41, 5.74) is -0.116. The lowest BCUT2D eigenvalue weighted by atomic mass is 9.88. The zero-order valence-electron chi connectivity index (χ0n) is 21.5. The SMILES string of the molecule is CC(C)(C)OC(=O)N1[C@@H]2C[C@H]3CN[C@H]([C@@H]2[Si](c2ccccc2)(c2ccccc2)C(C)(C)C)[C@@H]1C3. The van der Waals surface area contributed by atoms with Crippen LogP contribution >= 0.6 is 0 Å². The Balaban J connectivity index is 1.73. The molecule has 34 heavy (non-hydrogen) atoms. The number of hydrogen-bond donors (Lipinski definition) is 1. The highest BCUT2D eigenvalue weighted by molar-refractivity contribution is 7.05. The van der Waals surface area contributed by atoms with E-state index in [4.69, 9.17) is 4.74 Å². The van der Waals surface area contributed by atoms with Crippen LogP contribution < -0.4 is 15.7 Å². The van der Waals surface area contributed by atoms with Gasteiger partial charge in [-0.2, -0.15) is 0 Å². The summed E-state index contributed by atoms with van der Waals surface area (Å²) in [6.07, 6.45) is 2.02. The van der Waals surface area contributed by atoms with E-state index in [0.717, 1.165) is 19.4 Å². The second-order valence-corrected chi connectivity index (χ2v) is 17.5. The minimum atomic E-state index is -2.42. The summed E-state index contributed by atoms with van der Waals surface area (Å²) in [7, 11) is -2.42. The third-order valence-corrected chi connectivity index (χ3v) is 15.1. The summed E-state index contributed by atoms with van der Waals surface area (Å²) in [6, 6.07) is 23.2. The fourth-order valence-corrected chi connectivity index (χ4v) is 14.6. The number of amides is 1. The Morgan fingerprint density at radius 2 is 1.41 bits per heavy atom. The zero-order chi connectivity index (χ0) is 24.3. The molecule has 0 aliphatic carbocycles. The number of carbonyl (C=O) groups is 1. The molecule has 3 aliphatic heterocycles. The summed E-state index contributed by atoms with van der Waals surface area (Å²) in [5, 5.41) is 6.97. The van der Waals surface area contributed by atoms with Crippen molar-refractivity contribution in [3.8, 4) is 0 Å². The van der Waals surface area contributed by atoms with Crippen LogP contribution in [0.15, 0.2) is 60.7 Å². The molecule has 3 saturated heterocycles. The molecule has 1 N–H and O–H groups in total. The lowest BCUT2D eigenvalue weighted by molar-refractivity contribution is -0.00327. The fraction of sp³-hybridized carbons (Fsp3) is 0.552. The van der Waals surface area contributed by atoms with Gasteiger partial charge in [-0.1, -0.05) is 91.8 Å². The Morgan fingerprint density at radius 3 is 1.91 bits per heavy atom. The van der Waals surface area contributed by atoms with Crippen LogP contribution in [-0.2, 0) is 4.74 Å². The van der Waals surface area contributed by atoms with Crippen LogP contribution in [0.4, 0.5) is 4.79 Å². The van der Waals surface area contributed by atoms with Crippen LogP contribution in [0.3, 0.4) is 0 Å². The Bertz CT molecular complexity index is 988. The number of ether oxygens (including phenoxy) is 1. The van der Waals surface area contributed by atoms with E-state index in [2.05, 4.69) is 91.7 Å². The monoisotopic (exact) mass is 476 g/mol. The highest BCUT2D eigenvalue weighted by Gasteiger charge is 2.67. The predicted octanol–water partition coefficient (Wildman–Crippen LogP) is 4.79. The van der Waals surface area contributed by atoms with Crippen molar-refractivity contribution < 1.29 is 9.53 Å². The Kier molecular flexibility index (Phi) is 5.72. The van der Waals surface area contributed by atoms with Crippen molar-refractivity contribution in [1.29, 1.82) is 0 Å². The molecule has 2 aromatic carbocycles. The van der Waals surface area contributed by atoms with Gasteiger partial charge in [0.1, 0.15) is 13.7 Å². The predicted molar refractivity (Wildman–Crippen MR) is 142 cm³/mol. The molecule has 5 atom stereocenters. The number of rotatable bonds is 3. The van der Waals surface area contributed by atoms with Crippen molar-refractivity contribution in [2.45, 2.75) is 88.7 Å². The maximum atomic E-state index is 13.6. The lowest BCUT2D eigenvalue weighted by Crippen LogP contribution is -2.71. The van der Waals surface area contributed by atoms with E-state index in [1.54, 1.807) is 0 Å². The summed E-state index contributed by atoms with van der Waals surface area (Å²) < 4.78 is 6.00. The van der Waals surface area contributed by atoms with E-state index < -0.39 is 13.7 Å². The van der Waals surface area contributed by atoms with Gasteiger partial charge >= 0.3 is 6.09 Å². The topological polar surface area (TPSA) is 41.6 Å². The number of piperidine rings is 2. The van der Waals surface area contributed by atoms with E-state index in [0.29, 0.717) is 17.5 Å². The molecule has 0 saturated carbocycles. The minimum Gasteiger partial charge on any atom is -0.444 e. The zero-order valence-corrected chi connectivity index (χ0v) is 22.5. The van der Waals surface area contributed by atoms with Crippen LogP contribution in [0, 0.1) is 5.92 Å². The molecule has 0 unspecified atom stereocenters. The number of nitrogens with zero attached hydrogens (tertiary/aromatic N) is 1. The van der Waals surface area contributed by atoms with Crippen molar-refractivity contribution >= 4 is 24.5 Å². The maximum absolute atomic E-state index is 13.6.